The van der Waals surface area contributed by atoms with Crippen LogP contribution in [0.3, 0.4) is 0 Å². The lowest BCUT2D eigenvalue weighted by molar-refractivity contribution is -0.130. The summed E-state index contributed by atoms with van der Waals surface area (Å²) in [6, 6.07) is 15.1. The Balaban J connectivity index is 2.11. The predicted octanol–water partition coefficient (Wildman–Crippen LogP) is 2.19. The summed E-state index contributed by atoms with van der Waals surface area (Å²) < 4.78 is 31.9. The molecule has 2 aromatic rings. The fraction of sp³-hybridized carbons (Fsp3) is 0.300. The third kappa shape index (κ3) is 5.31. The highest BCUT2D eigenvalue weighted by molar-refractivity contribution is 7.89. The van der Waals surface area contributed by atoms with Gasteiger partial charge >= 0.3 is 0 Å². The van der Waals surface area contributed by atoms with Crippen LogP contribution in [0.5, 0.6) is 5.75 Å². The molecule has 0 aliphatic rings. The van der Waals surface area contributed by atoms with Crippen molar-refractivity contribution in [2.45, 2.75) is 31.4 Å². The van der Waals surface area contributed by atoms with E-state index in [-0.39, 0.29) is 23.3 Å². The van der Waals surface area contributed by atoms with Crippen molar-refractivity contribution in [3.63, 3.8) is 0 Å². The molecule has 0 saturated heterocycles. The van der Waals surface area contributed by atoms with Crippen molar-refractivity contribution in [1.29, 1.82) is 5.26 Å². The summed E-state index contributed by atoms with van der Waals surface area (Å²) in [5.74, 6) is -0.131. The third-order valence-electron chi connectivity index (χ3n) is 4.07. The summed E-state index contributed by atoms with van der Waals surface area (Å²) in [5.41, 5.74) is 0.996. The van der Waals surface area contributed by atoms with Crippen molar-refractivity contribution in [3.8, 4) is 11.8 Å². The summed E-state index contributed by atoms with van der Waals surface area (Å²) in [5, 5.41) is 12.0. The van der Waals surface area contributed by atoms with Crippen LogP contribution >= 0.6 is 0 Å². The SMILES string of the molecule is CNS(=O)(=O)c1cccc(CNC(=O)C(Oc2ccccc2C#N)C(C)C)c1. The van der Waals surface area contributed by atoms with E-state index in [0.29, 0.717) is 16.9 Å². The first kappa shape index (κ1) is 21.4. The number of amides is 1. The van der Waals surface area contributed by atoms with Crippen LogP contribution in [0.1, 0.15) is 25.0 Å². The summed E-state index contributed by atoms with van der Waals surface area (Å²) in [4.78, 5) is 12.8. The molecule has 7 nitrogen and oxygen atoms in total. The Morgan fingerprint density at radius 1 is 1.18 bits per heavy atom. The van der Waals surface area contributed by atoms with Gasteiger partial charge in [0.2, 0.25) is 10.0 Å². The lowest BCUT2D eigenvalue weighted by atomic mass is 10.1. The Morgan fingerprint density at radius 3 is 2.54 bits per heavy atom. The first-order valence-electron chi connectivity index (χ1n) is 8.74. The number of nitriles is 1. The monoisotopic (exact) mass is 401 g/mol. The summed E-state index contributed by atoms with van der Waals surface area (Å²) >= 11 is 0. The van der Waals surface area contributed by atoms with E-state index in [4.69, 9.17) is 4.74 Å². The van der Waals surface area contributed by atoms with E-state index < -0.39 is 16.1 Å². The molecule has 0 radical (unpaired) electrons. The number of hydrogen-bond donors (Lipinski definition) is 2. The summed E-state index contributed by atoms with van der Waals surface area (Å²) in [7, 11) is -2.21. The molecule has 1 unspecified atom stereocenters. The number of ether oxygens (including phenoxy) is 1. The summed E-state index contributed by atoms with van der Waals surface area (Å²) in [6.07, 6.45) is -0.793. The van der Waals surface area contributed by atoms with Crippen LogP contribution < -0.4 is 14.8 Å². The minimum atomic E-state index is -3.56. The van der Waals surface area contributed by atoms with E-state index in [2.05, 4.69) is 10.0 Å². The third-order valence-corrected chi connectivity index (χ3v) is 5.48. The Kier molecular flexibility index (Phi) is 7.15. The molecule has 1 amide bonds. The number of sulfonamides is 1. The van der Waals surface area contributed by atoms with Crippen molar-refractivity contribution >= 4 is 15.9 Å². The molecule has 0 fully saturated rings. The lowest BCUT2D eigenvalue weighted by Crippen LogP contribution is -2.41. The van der Waals surface area contributed by atoms with Gasteiger partial charge in [-0.3, -0.25) is 4.79 Å². The number of carbonyl (C=O) groups is 1. The minimum Gasteiger partial charge on any atom is -0.479 e. The van der Waals surface area contributed by atoms with E-state index in [9.17, 15) is 18.5 Å². The second-order valence-corrected chi connectivity index (χ2v) is 8.35. The molecule has 0 aliphatic carbocycles. The van der Waals surface area contributed by atoms with Crippen LogP contribution in [-0.2, 0) is 21.4 Å². The molecule has 28 heavy (non-hydrogen) atoms. The quantitative estimate of drug-likeness (QED) is 0.705. The molecule has 0 saturated carbocycles. The maximum Gasteiger partial charge on any atom is 0.261 e. The number of nitrogens with one attached hydrogen (secondary N) is 2. The smallest absolute Gasteiger partial charge is 0.261 e. The van der Waals surface area contributed by atoms with E-state index in [1.807, 2.05) is 19.9 Å². The molecule has 2 aromatic carbocycles. The molecule has 0 aromatic heterocycles. The van der Waals surface area contributed by atoms with Gasteiger partial charge in [0.05, 0.1) is 10.5 Å². The Morgan fingerprint density at radius 2 is 1.89 bits per heavy atom. The van der Waals surface area contributed by atoms with Gasteiger partial charge < -0.3 is 10.1 Å². The molecule has 2 N–H and O–H groups in total. The highest BCUT2D eigenvalue weighted by Crippen LogP contribution is 2.21. The van der Waals surface area contributed by atoms with Gasteiger partial charge in [0.15, 0.2) is 6.10 Å². The molecule has 1 atom stereocenters. The van der Waals surface area contributed by atoms with Gasteiger partial charge in [0, 0.05) is 6.54 Å². The molecular weight excluding hydrogens is 378 g/mol. The number of nitrogens with zero attached hydrogens (tertiary/aromatic N) is 1. The minimum absolute atomic E-state index is 0.126. The Hall–Kier alpha value is -2.89. The van der Waals surface area contributed by atoms with Crippen molar-refractivity contribution < 1.29 is 17.9 Å². The van der Waals surface area contributed by atoms with Crippen LogP contribution in [-0.4, -0.2) is 27.5 Å². The van der Waals surface area contributed by atoms with E-state index in [0.717, 1.165) is 0 Å². The van der Waals surface area contributed by atoms with E-state index in [1.165, 1.54) is 19.2 Å². The van der Waals surface area contributed by atoms with Gasteiger partial charge in [-0.1, -0.05) is 38.1 Å². The number of carbonyl (C=O) groups excluding carboxylic acids is 1. The van der Waals surface area contributed by atoms with Crippen LogP contribution in [0, 0.1) is 17.2 Å². The maximum absolute atomic E-state index is 12.7. The molecule has 8 heteroatoms. The molecule has 0 spiro atoms. The summed E-state index contributed by atoms with van der Waals surface area (Å²) in [6.45, 7) is 3.84. The number of hydrogen-bond acceptors (Lipinski definition) is 5. The van der Waals surface area contributed by atoms with Gasteiger partial charge in [-0.05, 0) is 42.8 Å². The largest absolute Gasteiger partial charge is 0.479 e. The molecule has 148 valence electrons. The normalized spacial score (nSPS) is 12.2. The maximum atomic E-state index is 12.7. The molecule has 0 heterocycles. The fourth-order valence-electron chi connectivity index (χ4n) is 2.52. The second kappa shape index (κ2) is 9.35. The Bertz CT molecular complexity index is 981. The number of para-hydroxylation sites is 1. The zero-order valence-electron chi connectivity index (χ0n) is 16.0. The van der Waals surface area contributed by atoms with Crippen molar-refractivity contribution in [3.05, 3.63) is 59.7 Å². The first-order valence-corrected chi connectivity index (χ1v) is 10.2. The highest BCUT2D eigenvalue weighted by atomic mass is 32.2. The topological polar surface area (TPSA) is 108 Å². The standard InChI is InChI=1S/C20H23N3O4S/c1-14(2)19(27-18-10-5-4-8-16(18)12-21)20(24)23-13-15-7-6-9-17(11-15)28(25,26)22-3/h4-11,14,19,22H,13H2,1-3H3,(H,23,24). The number of benzene rings is 2. The van der Waals surface area contributed by atoms with Gasteiger partial charge in [-0.15, -0.1) is 0 Å². The van der Waals surface area contributed by atoms with E-state index in [1.54, 1.807) is 36.4 Å². The van der Waals surface area contributed by atoms with Gasteiger partial charge in [0.1, 0.15) is 11.8 Å². The van der Waals surface area contributed by atoms with Crippen LogP contribution in [0.25, 0.3) is 0 Å². The predicted molar refractivity (Wildman–Crippen MR) is 105 cm³/mol. The van der Waals surface area contributed by atoms with Crippen molar-refractivity contribution in [2.75, 3.05) is 7.05 Å². The average molecular weight is 401 g/mol. The van der Waals surface area contributed by atoms with Crippen LogP contribution in [0.2, 0.25) is 0 Å². The second-order valence-electron chi connectivity index (χ2n) is 6.46. The van der Waals surface area contributed by atoms with Crippen molar-refractivity contribution in [1.82, 2.24) is 10.0 Å². The zero-order chi connectivity index (χ0) is 20.7. The molecule has 0 bridgehead atoms. The average Bonchev–Trinajstić information content (AvgIpc) is 2.70. The van der Waals surface area contributed by atoms with Crippen LogP contribution in [0.4, 0.5) is 0 Å². The Labute approximate surface area is 165 Å². The highest BCUT2D eigenvalue weighted by Gasteiger charge is 2.25. The van der Waals surface area contributed by atoms with Gasteiger partial charge in [-0.2, -0.15) is 5.26 Å². The molecule has 0 aliphatic heterocycles. The molecular formula is C20H23N3O4S. The first-order chi connectivity index (χ1) is 13.3. The van der Waals surface area contributed by atoms with E-state index >= 15 is 0 Å². The fourth-order valence-corrected chi connectivity index (χ4v) is 3.32. The number of rotatable bonds is 8. The van der Waals surface area contributed by atoms with Gasteiger partial charge in [0.25, 0.3) is 5.91 Å². The lowest BCUT2D eigenvalue weighted by Gasteiger charge is -2.22. The zero-order valence-corrected chi connectivity index (χ0v) is 16.8. The molecule has 2 rings (SSSR count). The van der Waals surface area contributed by atoms with Crippen LogP contribution in [0.15, 0.2) is 53.4 Å². The van der Waals surface area contributed by atoms with Crippen molar-refractivity contribution in [2.24, 2.45) is 5.92 Å². The van der Waals surface area contributed by atoms with Gasteiger partial charge in [-0.25, -0.2) is 13.1 Å².